The molecule has 1 aliphatic heterocycles. The number of amides is 1. The minimum atomic E-state index is -4.16. The van der Waals surface area contributed by atoms with Crippen molar-refractivity contribution in [2.24, 2.45) is 5.92 Å². The Hall–Kier alpha value is -0.780. The van der Waals surface area contributed by atoms with E-state index in [0.29, 0.717) is 31.8 Å². The van der Waals surface area contributed by atoms with Gasteiger partial charge in [0.1, 0.15) is 0 Å². The van der Waals surface area contributed by atoms with Crippen molar-refractivity contribution in [1.82, 2.24) is 10.2 Å². The van der Waals surface area contributed by atoms with E-state index in [-0.39, 0.29) is 11.9 Å². The molecule has 1 fully saturated rings. The van der Waals surface area contributed by atoms with E-state index in [1.165, 1.54) is 4.90 Å². The average Bonchev–Trinajstić information content (AvgIpc) is 2.59. The molecule has 1 N–H and O–H groups in total. The Balaban J connectivity index is 2.24. The molecule has 1 heterocycles. The molecule has 0 spiro atoms. The van der Waals surface area contributed by atoms with Gasteiger partial charge in [-0.05, 0) is 18.8 Å². The Morgan fingerprint density at radius 1 is 1.44 bits per heavy atom. The van der Waals surface area contributed by atoms with E-state index in [0.717, 1.165) is 6.42 Å². The molecule has 3 nitrogen and oxygen atoms in total. The molecule has 0 aromatic rings. The molecule has 0 aromatic heterocycles. The number of nitrogens with zero attached hydrogens (tertiary/aromatic N) is 1. The maximum Gasteiger partial charge on any atom is 0.401 e. The molecule has 0 bridgehead atoms. The molecule has 1 amide bonds. The molecule has 1 atom stereocenters. The van der Waals surface area contributed by atoms with Crippen LogP contribution < -0.4 is 5.32 Å². The number of hydrogen-bond acceptors (Lipinski definition) is 2. The zero-order valence-corrected chi connectivity index (χ0v) is 10.9. The lowest BCUT2D eigenvalue weighted by molar-refractivity contribution is -0.143. The summed E-state index contributed by atoms with van der Waals surface area (Å²) in [6.45, 7) is 3.88. The van der Waals surface area contributed by atoms with Crippen LogP contribution in [0.5, 0.6) is 0 Å². The third kappa shape index (κ3) is 6.23. The summed E-state index contributed by atoms with van der Waals surface area (Å²) in [7, 11) is 0. The van der Waals surface area contributed by atoms with Gasteiger partial charge < -0.3 is 5.32 Å². The molecule has 1 aliphatic rings. The predicted octanol–water partition coefficient (Wildman–Crippen LogP) is 2.18. The van der Waals surface area contributed by atoms with E-state index in [1.54, 1.807) is 0 Å². The fourth-order valence-corrected chi connectivity index (χ4v) is 2.07. The van der Waals surface area contributed by atoms with Gasteiger partial charge in [-0.2, -0.15) is 13.2 Å². The second-order valence-electron chi connectivity index (χ2n) is 5.34. The van der Waals surface area contributed by atoms with Crippen LogP contribution in [-0.2, 0) is 4.79 Å². The van der Waals surface area contributed by atoms with E-state index >= 15 is 0 Å². The van der Waals surface area contributed by atoms with E-state index in [2.05, 4.69) is 5.32 Å². The average molecular weight is 266 g/mol. The summed E-state index contributed by atoms with van der Waals surface area (Å²) in [6, 6.07) is -0.132. The number of hydrogen-bond donors (Lipinski definition) is 1. The number of alkyl halides is 3. The molecule has 0 aromatic carbocycles. The number of likely N-dealkylation sites (tertiary alicyclic amines) is 1. The van der Waals surface area contributed by atoms with Gasteiger partial charge in [0.15, 0.2) is 0 Å². The number of halogens is 3. The SMILES string of the molecule is CC(C)CCC(=O)NC1CCN(CC(F)(F)F)C1. The highest BCUT2D eigenvalue weighted by Gasteiger charge is 2.34. The minimum Gasteiger partial charge on any atom is -0.352 e. The normalized spacial score (nSPS) is 21.6. The molecular formula is C12H21F3N2O. The molecule has 106 valence electrons. The van der Waals surface area contributed by atoms with Crippen molar-refractivity contribution in [1.29, 1.82) is 0 Å². The molecule has 1 rings (SSSR count). The molecule has 1 saturated heterocycles. The molecule has 0 aliphatic carbocycles. The molecule has 0 saturated carbocycles. The topological polar surface area (TPSA) is 32.3 Å². The third-order valence-corrected chi connectivity index (χ3v) is 2.99. The van der Waals surface area contributed by atoms with Crippen molar-refractivity contribution in [2.75, 3.05) is 19.6 Å². The summed E-state index contributed by atoms with van der Waals surface area (Å²) in [4.78, 5) is 12.9. The van der Waals surface area contributed by atoms with Crippen LogP contribution in [0.3, 0.4) is 0 Å². The third-order valence-electron chi connectivity index (χ3n) is 2.99. The quantitative estimate of drug-likeness (QED) is 0.827. The van der Waals surface area contributed by atoms with Crippen LogP contribution in [0, 0.1) is 5.92 Å². The molecule has 6 heteroatoms. The fourth-order valence-electron chi connectivity index (χ4n) is 2.07. The summed E-state index contributed by atoms with van der Waals surface area (Å²) >= 11 is 0. The first kappa shape index (κ1) is 15.3. The van der Waals surface area contributed by atoms with Gasteiger partial charge in [0.05, 0.1) is 6.54 Å². The lowest BCUT2D eigenvalue weighted by Crippen LogP contribution is -2.39. The van der Waals surface area contributed by atoms with Gasteiger partial charge in [-0.15, -0.1) is 0 Å². The van der Waals surface area contributed by atoms with E-state index in [4.69, 9.17) is 0 Å². The monoisotopic (exact) mass is 266 g/mol. The summed E-state index contributed by atoms with van der Waals surface area (Å²) in [6.07, 6.45) is -2.29. The van der Waals surface area contributed by atoms with Crippen LogP contribution in [-0.4, -0.2) is 42.7 Å². The summed E-state index contributed by atoms with van der Waals surface area (Å²) in [5.41, 5.74) is 0. The van der Waals surface area contributed by atoms with Crippen LogP contribution in [0.4, 0.5) is 13.2 Å². The van der Waals surface area contributed by atoms with E-state index < -0.39 is 12.7 Å². The second kappa shape index (κ2) is 6.41. The lowest BCUT2D eigenvalue weighted by atomic mass is 10.1. The first-order valence-corrected chi connectivity index (χ1v) is 6.34. The Morgan fingerprint density at radius 2 is 2.11 bits per heavy atom. The van der Waals surface area contributed by atoms with Crippen LogP contribution in [0.15, 0.2) is 0 Å². The number of carbonyl (C=O) groups excluding carboxylic acids is 1. The van der Waals surface area contributed by atoms with Crippen molar-refractivity contribution in [3.63, 3.8) is 0 Å². The van der Waals surface area contributed by atoms with Crippen molar-refractivity contribution in [3.8, 4) is 0 Å². The smallest absolute Gasteiger partial charge is 0.352 e. The van der Waals surface area contributed by atoms with Gasteiger partial charge in [0.25, 0.3) is 0 Å². The summed E-state index contributed by atoms with van der Waals surface area (Å²) in [5, 5.41) is 2.80. The highest BCUT2D eigenvalue weighted by Crippen LogP contribution is 2.20. The zero-order chi connectivity index (χ0) is 13.8. The van der Waals surface area contributed by atoms with Gasteiger partial charge in [0, 0.05) is 25.6 Å². The van der Waals surface area contributed by atoms with E-state index in [1.807, 2.05) is 13.8 Å². The largest absolute Gasteiger partial charge is 0.401 e. The Morgan fingerprint density at radius 3 is 2.67 bits per heavy atom. The van der Waals surface area contributed by atoms with Gasteiger partial charge in [-0.1, -0.05) is 13.8 Å². The molecular weight excluding hydrogens is 245 g/mol. The van der Waals surface area contributed by atoms with Crippen LogP contribution in [0.2, 0.25) is 0 Å². The first-order chi connectivity index (χ1) is 8.26. The maximum atomic E-state index is 12.2. The fraction of sp³-hybridized carbons (Fsp3) is 0.917. The highest BCUT2D eigenvalue weighted by molar-refractivity contribution is 5.76. The predicted molar refractivity (Wildman–Crippen MR) is 63.1 cm³/mol. The van der Waals surface area contributed by atoms with Gasteiger partial charge in [-0.25, -0.2) is 0 Å². The number of carbonyl (C=O) groups is 1. The van der Waals surface area contributed by atoms with Crippen molar-refractivity contribution < 1.29 is 18.0 Å². The standard InChI is InChI=1S/C12H21F3N2O/c1-9(2)3-4-11(18)16-10-5-6-17(7-10)8-12(13,14)15/h9-10H,3-8H2,1-2H3,(H,16,18). The molecule has 0 radical (unpaired) electrons. The van der Waals surface area contributed by atoms with Crippen molar-refractivity contribution in [3.05, 3.63) is 0 Å². The van der Waals surface area contributed by atoms with Crippen LogP contribution in [0.1, 0.15) is 33.1 Å². The molecule has 18 heavy (non-hydrogen) atoms. The van der Waals surface area contributed by atoms with Gasteiger partial charge in [0.2, 0.25) is 5.91 Å². The summed E-state index contributed by atoms with van der Waals surface area (Å²) in [5.74, 6) is 0.406. The van der Waals surface area contributed by atoms with Gasteiger partial charge >= 0.3 is 6.18 Å². The van der Waals surface area contributed by atoms with Crippen LogP contribution in [0.25, 0.3) is 0 Å². The van der Waals surface area contributed by atoms with Gasteiger partial charge in [-0.3, -0.25) is 9.69 Å². The van der Waals surface area contributed by atoms with Crippen LogP contribution >= 0.6 is 0 Å². The van der Waals surface area contributed by atoms with E-state index in [9.17, 15) is 18.0 Å². The van der Waals surface area contributed by atoms with Crippen molar-refractivity contribution >= 4 is 5.91 Å². The Labute approximate surface area is 106 Å². The highest BCUT2D eigenvalue weighted by atomic mass is 19.4. The second-order valence-corrected chi connectivity index (χ2v) is 5.34. The zero-order valence-electron chi connectivity index (χ0n) is 10.9. The summed E-state index contributed by atoms with van der Waals surface area (Å²) < 4.78 is 36.5. The maximum absolute atomic E-state index is 12.2. The lowest BCUT2D eigenvalue weighted by Gasteiger charge is -2.18. The number of rotatable bonds is 5. The molecule has 1 unspecified atom stereocenters. The minimum absolute atomic E-state index is 0.0532. The Bertz CT molecular complexity index is 279. The Kier molecular flexibility index (Phi) is 5.44. The number of nitrogens with one attached hydrogen (secondary N) is 1. The van der Waals surface area contributed by atoms with Crippen molar-refractivity contribution in [2.45, 2.75) is 45.3 Å². The first-order valence-electron chi connectivity index (χ1n) is 6.34.